The molecule has 0 spiro atoms. The molecule has 0 saturated carbocycles. The predicted octanol–water partition coefficient (Wildman–Crippen LogP) is 0.991. The number of hydrogen-bond acceptors (Lipinski definition) is 7. The van der Waals surface area contributed by atoms with Gasteiger partial charge in [-0.05, 0) is 36.2 Å². The van der Waals surface area contributed by atoms with Gasteiger partial charge in [-0.1, -0.05) is 0 Å². The van der Waals surface area contributed by atoms with Crippen molar-refractivity contribution in [3.05, 3.63) is 53.9 Å². The van der Waals surface area contributed by atoms with E-state index in [2.05, 4.69) is 15.8 Å². The topological polar surface area (TPSA) is 96.0 Å². The highest BCUT2D eigenvalue weighted by Crippen LogP contribution is 2.27. The number of hydrogen-bond donors (Lipinski definition) is 2. The summed E-state index contributed by atoms with van der Waals surface area (Å²) in [7, 11) is 3.10. The molecule has 0 radical (unpaired) electrons. The van der Waals surface area contributed by atoms with Crippen molar-refractivity contribution < 1.29 is 19.1 Å². The average molecular weight is 425 g/mol. The van der Waals surface area contributed by atoms with Gasteiger partial charge < -0.3 is 19.3 Å². The monoisotopic (exact) mass is 425 g/mol. The predicted molar refractivity (Wildman–Crippen MR) is 114 cm³/mol. The maximum absolute atomic E-state index is 13.0. The van der Waals surface area contributed by atoms with Gasteiger partial charge in [0.1, 0.15) is 17.5 Å². The molecule has 2 aromatic rings. The molecule has 3 heterocycles. The molecular weight excluding hydrogens is 398 g/mol. The fraction of sp³-hybridized carbons (Fsp3) is 0.409. The summed E-state index contributed by atoms with van der Waals surface area (Å²) >= 11 is 0. The highest BCUT2D eigenvalue weighted by atomic mass is 16.5. The third kappa shape index (κ3) is 4.47. The van der Waals surface area contributed by atoms with Crippen molar-refractivity contribution in [2.24, 2.45) is 0 Å². The van der Waals surface area contributed by atoms with Gasteiger partial charge in [0.2, 0.25) is 5.91 Å². The lowest BCUT2D eigenvalue weighted by Crippen LogP contribution is -2.54. The van der Waals surface area contributed by atoms with Gasteiger partial charge in [-0.2, -0.15) is 0 Å². The molecule has 9 nitrogen and oxygen atoms in total. The summed E-state index contributed by atoms with van der Waals surface area (Å²) < 4.78 is 10.6. The number of amides is 2. The van der Waals surface area contributed by atoms with Gasteiger partial charge in [0.15, 0.2) is 0 Å². The molecule has 2 saturated heterocycles. The Labute approximate surface area is 181 Å². The zero-order valence-electron chi connectivity index (χ0n) is 17.7. The minimum atomic E-state index is -0.290. The standard InChI is InChI=1S/C22H27N5O4/c1-30-16-3-4-17(20(13-16)31-2)21(28)26-9-11-27(12-10-26)22(29)19-14-18(24-25-19)15-5-7-23-8-6-15/h3-8,13,18-19,24-25H,9-12,14H2,1-2H3. The van der Waals surface area contributed by atoms with Crippen molar-refractivity contribution in [1.82, 2.24) is 25.6 Å². The zero-order chi connectivity index (χ0) is 21.8. The molecule has 2 atom stereocenters. The van der Waals surface area contributed by atoms with E-state index in [0.29, 0.717) is 49.7 Å². The minimum Gasteiger partial charge on any atom is -0.497 e. The van der Waals surface area contributed by atoms with Crippen LogP contribution in [0.25, 0.3) is 0 Å². The fourth-order valence-electron chi connectivity index (χ4n) is 4.03. The number of carbonyl (C=O) groups excluding carboxylic acids is 2. The number of rotatable bonds is 5. The second kappa shape index (κ2) is 9.32. The average Bonchev–Trinajstić information content (AvgIpc) is 3.34. The van der Waals surface area contributed by atoms with Crippen LogP contribution in [0.3, 0.4) is 0 Å². The van der Waals surface area contributed by atoms with Crippen LogP contribution in [0, 0.1) is 0 Å². The zero-order valence-corrected chi connectivity index (χ0v) is 17.7. The highest BCUT2D eigenvalue weighted by Gasteiger charge is 2.35. The number of ether oxygens (including phenoxy) is 2. The van der Waals surface area contributed by atoms with Crippen molar-refractivity contribution in [1.29, 1.82) is 0 Å². The first-order valence-electron chi connectivity index (χ1n) is 10.3. The van der Waals surface area contributed by atoms with Crippen LogP contribution in [0.2, 0.25) is 0 Å². The van der Waals surface area contributed by atoms with Crippen LogP contribution in [0.1, 0.15) is 28.4 Å². The Morgan fingerprint density at radius 1 is 0.968 bits per heavy atom. The molecule has 164 valence electrons. The van der Waals surface area contributed by atoms with Crippen LogP contribution >= 0.6 is 0 Å². The molecule has 2 amide bonds. The van der Waals surface area contributed by atoms with Crippen LogP contribution < -0.4 is 20.3 Å². The van der Waals surface area contributed by atoms with Gasteiger partial charge in [0.05, 0.1) is 19.8 Å². The van der Waals surface area contributed by atoms with Crippen LogP contribution in [0.15, 0.2) is 42.7 Å². The molecule has 1 aromatic heterocycles. The first-order chi connectivity index (χ1) is 15.1. The Hall–Kier alpha value is -3.17. The van der Waals surface area contributed by atoms with Crippen molar-refractivity contribution >= 4 is 11.8 Å². The number of carbonyl (C=O) groups is 2. The lowest BCUT2D eigenvalue weighted by atomic mass is 10.0. The number of benzene rings is 1. The first-order valence-corrected chi connectivity index (χ1v) is 10.3. The summed E-state index contributed by atoms with van der Waals surface area (Å²) in [6.07, 6.45) is 4.17. The van der Waals surface area contributed by atoms with E-state index in [1.54, 1.807) is 42.6 Å². The van der Waals surface area contributed by atoms with E-state index < -0.39 is 0 Å². The molecule has 4 rings (SSSR count). The van der Waals surface area contributed by atoms with Crippen molar-refractivity contribution in [2.75, 3.05) is 40.4 Å². The maximum atomic E-state index is 13.0. The molecule has 2 aliphatic heterocycles. The second-order valence-electron chi connectivity index (χ2n) is 7.59. The minimum absolute atomic E-state index is 0.0539. The molecule has 0 aliphatic carbocycles. The summed E-state index contributed by atoms with van der Waals surface area (Å²) in [5, 5.41) is 0. The summed E-state index contributed by atoms with van der Waals surface area (Å²) in [5.41, 5.74) is 7.91. The van der Waals surface area contributed by atoms with E-state index in [9.17, 15) is 9.59 Å². The number of nitrogens with one attached hydrogen (secondary N) is 2. The molecule has 2 unspecified atom stereocenters. The molecule has 31 heavy (non-hydrogen) atoms. The number of aromatic nitrogens is 1. The van der Waals surface area contributed by atoms with Crippen molar-refractivity contribution in [2.45, 2.75) is 18.5 Å². The quantitative estimate of drug-likeness (QED) is 0.738. The van der Waals surface area contributed by atoms with E-state index in [0.717, 1.165) is 5.56 Å². The number of methoxy groups -OCH3 is 2. The Morgan fingerprint density at radius 2 is 1.68 bits per heavy atom. The lowest BCUT2D eigenvalue weighted by molar-refractivity contribution is -0.134. The Balaban J connectivity index is 1.33. The second-order valence-corrected chi connectivity index (χ2v) is 7.59. The van der Waals surface area contributed by atoms with Crippen molar-refractivity contribution in [3.8, 4) is 11.5 Å². The van der Waals surface area contributed by atoms with E-state index in [-0.39, 0.29) is 23.9 Å². The maximum Gasteiger partial charge on any atom is 0.257 e. The molecule has 0 bridgehead atoms. The molecule has 2 N–H and O–H groups in total. The fourth-order valence-corrected chi connectivity index (χ4v) is 4.03. The Kier molecular flexibility index (Phi) is 6.34. The Morgan fingerprint density at radius 3 is 2.35 bits per heavy atom. The third-order valence-corrected chi connectivity index (χ3v) is 5.83. The number of nitrogens with zero attached hydrogens (tertiary/aromatic N) is 3. The van der Waals surface area contributed by atoms with Crippen LogP contribution in [0.5, 0.6) is 11.5 Å². The first kappa shape index (κ1) is 21.1. The third-order valence-electron chi connectivity index (χ3n) is 5.83. The highest BCUT2D eigenvalue weighted by molar-refractivity contribution is 5.97. The summed E-state index contributed by atoms with van der Waals surface area (Å²) in [4.78, 5) is 33.6. The Bertz CT molecular complexity index is 931. The SMILES string of the molecule is COc1ccc(C(=O)N2CCN(C(=O)C3CC(c4ccncc4)NN3)CC2)c(OC)c1. The number of hydrazine groups is 1. The molecule has 2 aliphatic rings. The van der Waals surface area contributed by atoms with Crippen LogP contribution in [-0.2, 0) is 4.79 Å². The summed E-state index contributed by atoms with van der Waals surface area (Å²) in [5.74, 6) is 1.06. The van der Waals surface area contributed by atoms with Gasteiger partial charge >= 0.3 is 0 Å². The van der Waals surface area contributed by atoms with Crippen LogP contribution in [0.4, 0.5) is 0 Å². The number of piperazine rings is 1. The van der Waals surface area contributed by atoms with Gasteiger partial charge in [-0.25, -0.2) is 10.9 Å². The number of pyridine rings is 1. The van der Waals surface area contributed by atoms with E-state index in [1.807, 2.05) is 17.0 Å². The molecule has 2 fully saturated rings. The molecule has 9 heteroatoms. The smallest absolute Gasteiger partial charge is 0.257 e. The lowest BCUT2D eigenvalue weighted by Gasteiger charge is -2.36. The van der Waals surface area contributed by atoms with Crippen molar-refractivity contribution in [3.63, 3.8) is 0 Å². The molecule has 1 aromatic carbocycles. The largest absolute Gasteiger partial charge is 0.497 e. The molecular formula is C22H27N5O4. The van der Waals surface area contributed by atoms with Gasteiger partial charge in [0.25, 0.3) is 5.91 Å². The van der Waals surface area contributed by atoms with E-state index in [4.69, 9.17) is 9.47 Å². The van der Waals surface area contributed by atoms with Gasteiger partial charge in [-0.3, -0.25) is 14.6 Å². The summed E-state index contributed by atoms with van der Waals surface area (Å²) in [6, 6.07) is 8.83. The normalized spacial score (nSPS) is 21.1. The van der Waals surface area contributed by atoms with E-state index in [1.165, 1.54) is 7.11 Å². The summed E-state index contributed by atoms with van der Waals surface area (Å²) in [6.45, 7) is 1.96. The van der Waals surface area contributed by atoms with Crippen LogP contribution in [-0.4, -0.2) is 73.0 Å². The van der Waals surface area contributed by atoms with E-state index >= 15 is 0 Å². The van der Waals surface area contributed by atoms with Gasteiger partial charge in [-0.15, -0.1) is 0 Å². The van der Waals surface area contributed by atoms with Gasteiger partial charge in [0, 0.05) is 50.7 Å².